The molecule has 4 rings (SSSR count). The van der Waals surface area contributed by atoms with Gasteiger partial charge in [0.2, 0.25) is 5.91 Å². The van der Waals surface area contributed by atoms with Crippen molar-refractivity contribution in [1.29, 1.82) is 5.26 Å². The van der Waals surface area contributed by atoms with Crippen LogP contribution in [0.15, 0.2) is 9.95 Å². The van der Waals surface area contributed by atoms with E-state index in [1.54, 1.807) is 15.9 Å². The predicted molar refractivity (Wildman–Crippen MR) is 109 cm³/mol. The second-order valence-electron chi connectivity index (χ2n) is 7.03. The van der Waals surface area contributed by atoms with Crippen molar-refractivity contribution in [2.45, 2.75) is 56.3 Å². The van der Waals surface area contributed by atoms with Crippen LogP contribution < -0.4 is 10.9 Å². The number of thiophene rings is 1. The fraction of sp³-hybridized carbons (Fsp3) is 0.579. The molecule has 0 saturated carbocycles. The second-order valence-corrected chi connectivity index (χ2v) is 9.06. The normalized spacial score (nSPS) is 18.3. The van der Waals surface area contributed by atoms with E-state index in [1.807, 2.05) is 6.07 Å². The van der Waals surface area contributed by atoms with Gasteiger partial charge in [0, 0.05) is 18.0 Å². The standard InChI is InChI=1S/C19H22N4O3S2/c20-7-3-8-21-15(24)11-27-19-22-17-16(13-5-1-6-14(13)28-17)18(25)23(19)10-12-4-2-9-26-12/h12H,1-6,8-11H2,(H,21,24)/t12-/m0/s1. The molecular weight excluding hydrogens is 396 g/mol. The van der Waals surface area contributed by atoms with Crippen molar-refractivity contribution in [2.75, 3.05) is 18.9 Å². The monoisotopic (exact) mass is 418 g/mol. The smallest absolute Gasteiger partial charge is 0.263 e. The lowest BCUT2D eigenvalue weighted by molar-refractivity contribution is -0.118. The number of hydrogen-bond donors (Lipinski definition) is 1. The molecule has 0 aromatic carbocycles. The third kappa shape index (κ3) is 3.95. The van der Waals surface area contributed by atoms with Gasteiger partial charge in [0.05, 0.1) is 36.3 Å². The van der Waals surface area contributed by atoms with Crippen molar-refractivity contribution >= 4 is 39.2 Å². The van der Waals surface area contributed by atoms with Crippen LogP contribution in [-0.2, 0) is 28.9 Å². The van der Waals surface area contributed by atoms with Crippen molar-refractivity contribution < 1.29 is 9.53 Å². The number of amides is 1. The number of ether oxygens (including phenoxy) is 1. The Labute approximate surface area is 171 Å². The molecular formula is C19H22N4O3S2. The summed E-state index contributed by atoms with van der Waals surface area (Å²) in [6.07, 6.45) is 5.31. The van der Waals surface area contributed by atoms with Gasteiger partial charge in [-0.2, -0.15) is 5.26 Å². The summed E-state index contributed by atoms with van der Waals surface area (Å²) in [4.78, 5) is 32.2. The molecule has 2 aliphatic rings. The zero-order valence-electron chi connectivity index (χ0n) is 15.5. The Morgan fingerprint density at radius 1 is 1.43 bits per heavy atom. The fourth-order valence-electron chi connectivity index (χ4n) is 3.76. The van der Waals surface area contributed by atoms with Gasteiger partial charge in [-0.1, -0.05) is 11.8 Å². The molecule has 1 amide bonds. The minimum Gasteiger partial charge on any atom is -0.376 e. The summed E-state index contributed by atoms with van der Waals surface area (Å²) in [6.45, 7) is 1.54. The number of nitriles is 1. The molecule has 0 radical (unpaired) electrons. The number of carbonyl (C=O) groups excluding carboxylic acids is 1. The molecule has 2 aromatic rings. The molecule has 7 nitrogen and oxygen atoms in total. The number of aromatic nitrogens is 2. The molecule has 28 heavy (non-hydrogen) atoms. The Bertz CT molecular complexity index is 986. The SMILES string of the molecule is N#CCCNC(=O)CSc1nc2sc3c(c2c(=O)n1C[C@@H]1CCCO1)CCC3. The number of rotatable bonds is 7. The molecule has 0 spiro atoms. The first-order valence-electron chi connectivity index (χ1n) is 9.60. The lowest BCUT2D eigenvalue weighted by Gasteiger charge is -2.16. The second kappa shape index (κ2) is 8.64. The van der Waals surface area contributed by atoms with Crippen LogP contribution in [0.4, 0.5) is 0 Å². The van der Waals surface area contributed by atoms with Crippen LogP contribution in [0.5, 0.6) is 0 Å². The summed E-state index contributed by atoms with van der Waals surface area (Å²) in [5.74, 6) is 0.00641. The van der Waals surface area contributed by atoms with E-state index in [1.165, 1.54) is 22.2 Å². The molecule has 1 aliphatic carbocycles. The molecule has 148 valence electrons. The van der Waals surface area contributed by atoms with Gasteiger partial charge < -0.3 is 10.1 Å². The Kier molecular flexibility index (Phi) is 5.99. The number of hydrogen-bond acceptors (Lipinski definition) is 7. The van der Waals surface area contributed by atoms with Crippen LogP contribution in [0.25, 0.3) is 10.2 Å². The van der Waals surface area contributed by atoms with E-state index in [2.05, 4.69) is 5.32 Å². The number of aryl methyl sites for hydroxylation is 2. The Hall–Kier alpha value is -1.89. The van der Waals surface area contributed by atoms with E-state index in [4.69, 9.17) is 15.0 Å². The maximum atomic E-state index is 13.3. The molecule has 0 unspecified atom stereocenters. The third-order valence-electron chi connectivity index (χ3n) is 5.09. The molecule has 0 bridgehead atoms. The molecule has 1 atom stereocenters. The quantitative estimate of drug-likeness (QED) is 0.421. The van der Waals surface area contributed by atoms with Gasteiger partial charge in [0.1, 0.15) is 4.83 Å². The van der Waals surface area contributed by atoms with E-state index >= 15 is 0 Å². The zero-order chi connectivity index (χ0) is 19.5. The summed E-state index contributed by atoms with van der Waals surface area (Å²) in [5, 5.41) is 12.6. The first-order valence-corrected chi connectivity index (χ1v) is 11.4. The highest BCUT2D eigenvalue weighted by atomic mass is 32.2. The van der Waals surface area contributed by atoms with E-state index in [-0.39, 0.29) is 29.7 Å². The average Bonchev–Trinajstić information content (AvgIpc) is 3.40. The van der Waals surface area contributed by atoms with Gasteiger partial charge in [0.15, 0.2) is 5.16 Å². The van der Waals surface area contributed by atoms with Crippen molar-refractivity contribution in [2.24, 2.45) is 0 Å². The number of nitrogens with one attached hydrogen (secondary N) is 1. The average molecular weight is 419 g/mol. The highest BCUT2D eigenvalue weighted by molar-refractivity contribution is 7.99. The number of fused-ring (bicyclic) bond motifs is 3. The third-order valence-corrected chi connectivity index (χ3v) is 7.25. The van der Waals surface area contributed by atoms with Gasteiger partial charge in [-0.05, 0) is 37.7 Å². The van der Waals surface area contributed by atoms with Crippen molar-refractivity contribution in [3.05, 3.63) is 20.8 Å². The maximum absolute atomic E-state index is 13.3. The number of thioether (sulfide) groups is 1. The van der Waals surface area contributed by atoms with Crippen LogP contribution in [-0.4, -0.2) is 40.5 Å². The van der Waals surface area contributed by atoms with Crippen LogP contribution in [0, 0.1) is 11.3 Å². The molecule has 1 fully saturated rings. The Morgan fingerprint density at radius 3 is 3.11 bits per heavy atom. The van der Waals surface area contributed by atoms with Gasteiger partial charge >= 0.3 is 0 Å². The minimum atomic E-state index is -0.160. The molecule has 3 heterocycles. The Morgan fingerprint density at radius 2 is 2.32 bits per heavy atom. The summed E-state index contributed by atoms with van der Waals surface area (Å²) >= 11 is 2.89. The molecule has 9 heteroatoms. The van der Waals surface area contributed by atoms with Crippen LogP contribution in [0.1, 0.15) is 36.1 Å². The maximum Gasteiger partial charge on any atom is 0.263 e. The van der Waals surface area contributed by atoms with E-state index in [0.29, 0.717) is 18.2 Å². The summed E-state index contributed by atoms with van der Waals surface area (Å²) in [6, 6.07) is 2.00. The van der Waals surface area contributed by atoms with Crippen LogP contribution >= 0.6 is 23.1 Å². The first-order chi connectivity index (χ1) is 13.7. The summed E-state index contributed by atoms with van der Waals surface area (Å²) < 4.78 is 7.45. The highest BCUT2D eigenvalue weighted by Crippen LogP contribution is 2.35. The number of carbonyl (C=O) groups is 1. The zero-order valence-corrected chi connectivity index (χ0v) is 17.2. The van der Waals surface area contributed by atoms with Crippen molar-refractivity contribution in [3.63, 3.8) is 0 Å². The van der Waals surface area contributed by atoms with Crippen molar-refractivity contribution in [1.82, 2.24) is 14.9 Å². The van der Waals surface area contributed by atoms with Crippen molar-refractivity contribution in [3.8, 4) is 6.07 Å². The minimum absolute atomic E-state index is 0.00714. The van der Waals surface area contributed by atoms with E-state index in [9.17, 15) is 9.59 Å². The van der Waals surface area contributed by atoms with Gasteiger partial charge in [-0.3, -0.25) is 14.2 Å². The molecule has 1 aliphatic heterocycles. The largest absolute Gasteiger partial charge is 0.376 e. The van der Waals surface area contributed by atoms with Gasteiger partial charge in [0.25, 0.3) is 5.56 Å². The van der Waals surface area contributed by atoms with E-state index in [0.717, 1.165) is 48.9 Å². The lowest BCUT2D eigenvalue weighted by Crippen LogP contribution is -2.30. The molecule has 1 saturated heterocycles. The molecule has 1 N–H and O–H groups in total. The van der Waals surface area contributed by atoms with Crippen LogP contribution in [0.3, 0.4) is 0 Å². The topological polar surface area (TPSA) is 97.0 Å². The van der Waals surface area contributed by atoms with Gasteiger partial charge in [-0.25, -0.2) is 4.98 Å². The summed E-state index contributed by atoms with van der Waals surface area (Å²) in [5.41, 5.74) is 1.16. The highest BCUT2D eigenvalue weighted by Gasteiger charge is 2.25. The summed E-state index contributed by atoms with van der Waals surface area (Å²) in [7, 11) is 0. The first kappa shape index (κ1) is 19.4. The van der Waals surface area contributed by atoms with Gasteiger partial charge in [-0.15, -0.1) is 11.3 Å². The predicted octanol–water partition coefficient (Wildman–Crippen LogP) is 2.25. The fourth-order valence-corrected chi connectivity index (χ4v) is 5.90. The number of nitrogens with zero attached hydrogens (tertiary/aromatic N) is 3. The van der Waals surface area contributed by atoms with E-state index < -0.39 is 0 Å². The molecule has 2 aromatic heterocycles. The Balaban J connectivity index is 1.62. The van der Waals surface area contributed by atoms with Crippen LogP contribution in [0.2, 0.25) is 0 Å². The lowest BCUT2D eigenvalue weighted by atomic mass is 10.2.